The van der Waals surface area contributed by atoms with E-state index in [9.17, 15) is 4.79 Å². The number of nitrogens with zero attached hydrogens (tertiary/aromatic N) is 2. The molecule has 112 valence electrons. The van der Waals surface area contributed by atoms with Crippen LogP contribution < -0.4 is 5.73 Å². The van der Waals surface area contributed by atoms with Gasteiger partial charge in [-0.2, -0.15) is 0 Å². The highest BCUT2D eigenvalue weighted by atomic mass is 16.4. The number of aromatic nitrogens is 2. The largest absolute Gasteiger partial charge is 0.481 e. The predicted octanol–water partition coefficient (Wildman–Crippen LogP) is 3.07. The number of imidazole rings is 1. The van der Waals surface area contributed by atoms with Crippen molar-refractivity contribution < 1.29 is 9.90 Å². The molecular formula is C17H17N3O2. The van der Waals surface area contributed by atoms with Gasteiger partial charge in [-0.25, -0.2) is 4.98 Å². The lowest BCUT2D eigenvalue weighted by Gasteiger charge is -2.09. The van der Waals surface area contributed by atoms with Crippen LogP contribution >= 0.6 is 0 Å². The average Bonchev–Trinajstić information content (AvgIpc) is 2.86. The standard InChI is InChI=1S/C17H17N3O2/c1-11-6-7-12(10-13(11)18)17-19-14-4-2-3-5-15(14)20(17)9-8-16(21)22/h2-7,10H,8-9,18H2,1H3,(H,21,22). The molecule has 0 saturated heterocycles. The Kier molecular flexibility index (Phi) is 3.55. The lowest BCUT2D eigenvalue weighted by atomic mass is 10.1. The molecule has 3 rings (SSSR count). The third-order valence-electron chi connectivity index (χ3n) is 3.74. The number of benzene rings is 2. The Morgan fingerprint density at radius 2 is 2.05 bits per heavy atom. The Labute approximate surface area is 128 Å². The minimum atomic E-state index is -0.827. The topological polar surface area (TPSA) is 81.1 Å². The molecule has 0 aliphatic carbocycles. The van der Waals surface area contributed by atoms with Crippen molar-refractivity contribution in [2.24, 2.45) is 0 Å². The molecule has 3 N–H and O–H groups in total. The molecule has 5 heteroatoms. The summed E-state index contributed by atoms with van der Waals surface area (Å²) >= 11 is 0. The molecule has 0 unspecified atom stereocenters. The van der Waals surface area contributed by atoms with E-state index in [4.69, 9.17) is 10.8 Å². The Hall–Kier alpha value is -2.82. The van der Waals surface area contributed by atoms with Gasteiger partial charge in [-0.1, -0.05) is 24.3 Å². The van der Waals surface area contributed by atoms with Gasteiger partial charge in [-0.15, -0.1) is 0 Å². The van der Waals surface area contributed by atoms with Crippen molar-refractivity contribution in [3.63, 3.8) is 0 Å². The van der Waals surface area contributed by atoms with Gasteiger partial charge in [-0.3, -0.25) is 4.79 Å². The first-order valence-electron chi connectivity index (χ1n) is 7.10. The van der Waals surface area contributed by atoms with Crippen LogP contribution in [0.5, 0.6) is 0 Å². The fraction of sp³-hybridized carbons (Fsp3) is 0.176. The smallest absolute Gasteiger partial charge is 0.305 e. The molecule has 2 aromatic carbocycles. The van der Waals surface area contributed by atoms with Crippen molar-refractivity contribution >= 4 is 22.7 Å². The number of carboxylic acid groups (broad SMARTS) is 1. The number of para-hydroxylation sites is 2. The zero-order chi connectivity index (χ0) is 15.7. The Morgan fingerprint density at radius 3 is 2.77 bits per heavy atom. The van der Waals surface area contributed by atoms with Crippen LogP contribution in [0.1, 0.15) is 12.0 Å². The van der Waals surface area contributed by atoms with Crippen LogP contribution in [0.4, 0.5) is 5.69 Å². The van der Waals surface area contributed by atoms with E-state index in [1.165, 1.54) is 0 Å². The molecule has 3 aromatic rings. The summed E-state index contributed by atoms with van der Waals surface area (Å²) in [6.07, 6.45) is 0.0503. The lowest BCUT2D eigenvalue weighted by molar-refractivity contribution is -0.137. The summed E-state index contributed by atoms with van der Waals surface area (Å²) in [5.41, 5.74) is 10.4. The minimum Gasteiger partial charge on any atom is -0.481 e. The summed E-state index contributed by atoms with van der Waals surface area (Å²) < 4.78 is 1.94. The number of fused-ring (bicyclic) bond motifs is 1. The second-order valence-electron chi connectivity index (χ2n) is 5.29. The van der Waals surface area contributed by atoms with Crippen LogP contribution in [0, 0.1) is 6.92 Å². The SMILES string of the molecule is Cc1ccc(-c2nc3ccccc3n2CCC(=O)O)cc1N. The quantitative estimate of drug-likeness (QED) is 0.725. The third-order valence-corrected chi connectivity index (χ3v) is 3.74. The van der Waals surface area contributed by atoms with Crippen LogP contribution in [0.2, 0.25) is 0 Å². The van der Waals surface area contributed by atoms with Crippen LogP contribution in [-0.4, -0.2) is 20.6 Å². The van der Waals surface area contributed by atoms with E-state index in [0.29, 0.717) is 12.2 Å². The number of hydrogen-bond acceptors (Lipinski definition) is 3. The van der Waals surface area contributed by atoms with E-state index >= 15 is 0 Å². The molecule has 22 heavy (non-hydrogen) atoms. The van der Waals surface area contributed by atoms with Crippen molar-refractivity contribution in [2.75, 3.05) is 5.73 Å². The Morgan fingerprint density at radius 1 is 1.27 bits per heavy atom. The van der Waals surface area contributed by atoms with Gasteiger partial charge in [0.05, 0.1) is 17.5 Å². The Balaban J connectivity index is 2.16. The number of hydrogen-bond donors (Lipinski definition) is 2. The molecule has 5 nitrogen and oxygen atoms in total. The molecule has 0 amide bonds. The summed E-state index contributed by atoms with van der Waals surface area (Å²) in [7, 11) is 0. The number of carboxylic acids is 1. The fourth-order valence-electron chi connectivity index (χ4n) is 2.51. The number of anilines is 1. The van der Waals surface area contributed by atoms with Crippen LogP contribution in [-0.2, 0) is 11.3 Å². The molecule has 0 atom stereocenters. The van der Waals surface area contributed by atoms with E-state index in [1.54, 1.807) is 0 Å². The van der Waals surface area contributed by atoms with Crippen molar-refractivity contribution in [1.29, 1.82) is 0 Å². The van der Waals surface area contributed by atoms with Crippen molar-refractivity contribution in [1.82, 2.24) is 9.55 Å². The van der Waals surface area contributed by atoms with Crippen molar-refractivity contribution in [3.05, 3.63) is 48.0 Å². The summed E-state index contributed by atoms with van der Waals surface area (Å²) in [5, 5.41) is 8.97. The van der Waals surface area contributed by atoms with Crippen LogP contribution in [0.3, 0.4) is 0 Å². The van der Waals surface area contributed by atoms with E-state index in [0.717, 1.165) is 28.0 Å². The van der Waals surface area contributed by atoms with Crippen molar-refractivity contribution in [3.8, 4) is 11.4 Å². The minimum absolute atomic E-state index is 0.0503. The molecule has 1 aromatic heterocycles. The summed E-state index contributed by atoms with van der Waals surface area (Å²) in [6, 6.07) is 13.5. The maximum atomic E-state index is 10.9. The highest BCUT2D eigenvalue weighted by Gasteiger charge is 2.13. The summed E-state index contributed by atoms with van der Waals surface area (Å²) in [6.45, 7) is 2.32. The Bertz CT molecular complexity index is 852. The highest BCUT2D eigenvalue weighted by Crippen LogP contribution is 2.27. The normalized spacial score (nSPS) is 11.0. The van der Waals surface area contributed by atoms with Gasteiger partial charge in [0.15, 0.2) is 0 Å². The maximum absolute atomic E-state index is 10.9. The second kappa shape index (κ2) is 5.52. The first-order chi connectivity index (χ1) is 10.6. The highest BCUT2D eigenvalue weighted by molar-refractivity contribution is 5.81. The number of nitrogen functional groups attached to an aromatic ring is 1. The van der Waals surface area contributed by atoms with Crippen molar-refractivity contribution in [2.45, 2.75) is 19.9 Å². The second-order valence-corrected chi connectivity index (χ2v) is 5.29. The molecule has 0 aliphatic heterocycles. The lowest BCUT2D eigenvalue weighted by Crippen LogP contribution is -2.06. The van der Waals surface area contributed by atoms with E-state index < -0.39 is 5.97 Å². The summed E-state index contributed by atoms with van der Waals surface area (Å²) in [5.74, 6) is -0.0821. The van der Waals surface area contributed by atoms with Crippen LogP contribution in [0.15, 0.2) is 42.5 Å². The van der Waals surface area contributed by atoms with Crippen LogP contribution in [0.25, 0.3) is 22.4 Å². The zero-order valence-electron chi connectivity index (χ0n) is 12.3. The van der Waals surface area contributed by atoms with E-state index in [1.807, 2.05) is 54.0 Å². The van der Waals surface area contributed by atoms with Gasteiger partial charge in [0.1, 0.15) is 5.82 Å². The van der Waals surface area contributed by atoms with E-state index in [-0.39, 0.29) is 6.42 Å². The number of aliphatic carboxylic acids is 1. The molecule has 0 bridgehead atoms. The van der Waals surface area contributed by atoms with Gasteiger partial charge >= 0.3 is 5.97 Å². The first-order valence-corrected chi connectivity index (χ1v) is 7.10. The molecule has 0 aliphatic rings. The van der Waals surface area contributed by atoms with Gasteiger partial charge in [-0.05, 0) is 30.7 Å². The molecule has 1 heterocycles. The third kappa shape index (κ3) is 2.53. The van der Waals surface area contributed by atoms with Gasteiger partial charge < -0.3 is 15.4 Å². The first kappa shape index (κ1) is 14.1. The monoisotopic (exact) mass is 295 g/mol. The maximum Gasteiger partial charge on any atom is 0.305 e. The fourth-order valence-corrected chi connectivity index (χ4v) is 2.51. The molecule has 0 spiro atoms. The van der Waals surface area contributed by atoms with E-state index in [2.05, 4.69) is 4.98 Å². The predicted molar refractivity (Wildman–Crippen MR) is 86.6 cm³/mol. The van der Waals surface area contributed by atoms with Gasteiger partial charge in [0.2, 0.25) is 0 Å². The molecular weight excluding hydrogens is 278 g/mol. The van der Waals surface area contributed by atoms with Gasteiger partial charge in [0.25, 0.3) is 0 Å². The van der Waals surface area contributed by atoms with Gasteiger partial charge in [0, 0.05) is 17.8 Å². The number of nitrogens with two attached hydrogens (primary N) is 1. The molecule has 0 saturated carbocycles. The molecule has 0 fully saturated rings. The zero-order valence-corrected chi connectivity index (χ0v) is 12.3. The molecule has 0 radical (unpaired) electrons. The number of rotatable bonds is 4. The summed E-state index contributed by atoms with van der Waals surface area (Å²) in [4.78, 5) is 15.6. The average molecular weight is 295 g/mol. The number of carbonyl (C=O) groups is 1. The number of aryl methyl sites for hydroxylation is 2.